The summed E-state index contributed by atoms with van der Waals surface area (Å²) in [5, 5.41) is 12.9. The molecule has 5 heterocycles. The predicted molar refractivity (Wildman–Crippen MR) is 267 cm³/mol. The van der Waals surface area contributed by atoms with E-state index in [0.29, 0.717) is 28.6 Å². The first-order valence-electron chi connectivity index (χ1n) is 22.1. The summed E-state index contributed by atoms with van der Waals surface area (Å²) in [5.74, 6) is 1.49. The molecule has 0 spiro atoms. The van der Waals surface area contributed by atoms with Crippen LogP contribution in [-0.2, 0) is 0 Å². The van der Waals surface area contributed by atoms with Crippen molar-refractivity contribution in [2.24, 2.45) is 0 Å². The van der Waals surface area contributed by atoms with E-state index in [9.17, 15) is 0 Å². The molecule has 0 aliphatic carbocycles. The van der Waals surface area contributed by atoms with Gasteiger partial charge in [-0.3, -0.25) is 0 Å². The summed E-state index contributed by atoms with van der Waals surface area (Å²) in [6, 6.07) is 67.5. The number of aromatic nitrogens is 4. The van der Waals surface area contributed by atoms with Gasteiger partial charge >= 0.3 is 0 Å². The lowest BCUT2D eigenvalue weighted by Crippen LogP contribution is -2.01. The van der Waals surface area contributed by atoms with Gasteiger partial charge in [-0.1, -0.05) is 127 Å². The first-order chi connectivity index (χ1) is 32.7. The Kier molecular flexibility index (Phi) is 7.10. The van der Waals surface area contributed by atoms with Crippen LogP contribution in [0.25, 0.3) is 149 Å². The van der Waals surface area contributed by atoms with E-state index in [2.05, 4.69) is 126 Å². The summed E-state index contributed by atoms with van der Waals surface area (Å²) < 4.78 is 22.3. The van der Waals surface area contributed by atoms with Crippen LogP contribution in [0.3, 0.4) is 0 Å². The zero-order valence-electron chi connectivity index (χ0n) is 35.0. The van der Waals surface area contributed by atoms with E-state index in [1.807, 2.05) is 72.8 Å². The van der Waals surface area contributed by atoms with Gasteiger partial charge in [-0.25, -0.2) is 15.0 Å². The molecule has 0 fully saturated rings. The Labute approximate surface area is 374 Å². The number of rotatable bonds is 4. The minimum atomic E-state index is 0.484. The average Bonchev–Trinajstić information content (AvgIpc) is 4.14. The molecule has 0 aliphatic heterocycles. The van der Waals surface area contributed by atoms with Crippen LogP contribution in [0.5, 0.6) is 0 Å². The number of fused-ring (bicyclic) bond motifs is 15. The zero-order valence-corrected chi connectivity index (χ0v) is 35.0. The largest absolute Gasteiger partial charge is 0.456 e. The molecule has 306 valence electrons. The Bertz CT molecular complexity index is 4550. The lowest BCUT2D eigenvalue weighted by molar-refractivity contribution is 0.668. The molecule has 7 nitrogen and oxygen atoms in total. The Hall–Kier alpha value is -9.07. The summed E-state index contributed by atoms with van der Waals surface area (Å²) in [6.45, 7) is 0. The highest BCUT2D eigenvalue weighted by Crippen LogP contribution is 2.44. The first-order valence-corrected chi connectivity index (χ1v) is 22.1. The minimum Gasteiger partial charge on any atom is -0.456 e. The van der Waals surface area contributed by atoms with E-state index >= 15 is 0 Å². The lowest BCUT2D eigenvalue weighted by Gasteiger charge is -2.13. The van der Waals surface area contributed by atoms with Gasteiger partial charge in [0.1, 0.15) is 33.5 Å². The van der Waals surface area contributed by atoms with Crippen LogP contribution in [0.1, 0.15) is 0 Å². The van der Waals surface area contributed by atoms with Crippen LogP contribution in [0.15, 0.2) is 207 Å². The molecule has 0 radical (unpaired) electrons. The molecular formula is C59H32N4O3. The van der Waals surface area contributed by atoms with Gasteiger partial charge in [0.2, 0.25) is 0 Å². The fourth-order valence-electron chi connectivity index (χ4n) is 10.5. The van der Waals surface area contributed by atoms with Gasteiger partial charge in [0.15, 0.2) is 17.5 Å². The van der Waals surface area contributed by atoms with Crippen LogP contribution in [0.4, 0.5) is 0 Å². The topological polar surface area (TPSA) is 83.0 Å². The molecule has 66 heavy (non-hydrogen) atoms. The van der Waals surface area contributed by atoms with Gasteiger partial charge in [0, 0.05) is 54.3 Å². The quantitative estimate of drug-likeness (QED) is 0.175. The highest BCUT2D eigenvalue weighted by Gasteiger charge is 2.24. The SMILES string of the molecule is c1ccc2cc3c(cc2c1)c1ccccc1n3-c1ccc2cc(-c3nc(-c4cccc5c4oc4ccccc45)nc(-c4cccc5oc6ccccc6c45)n3)c3oc4ccccc4c3c2c1. The number of para-hydroxylation sites is 5. The van der Waals surface area contributed by atoms with Crippen molar-refractivity contribution in [2.45, 2.75) is 0 Å². The molecule has 0 saturated heterocycles. The fourth-order valence-corrected chi connectivity index (χ4v) is 10.5. The molecule has 0 bridgehead atoms. The highest BCUT2D eigenvalue weighted by atomic mass is 16.3. The molecule has 15 rings (SSSR count). The maximum atomic E-state index is 6.94. The summed E-state index contributed by atoms with van der Waals surface area (Å²) in [6.07, 6.45) is 0. The number of nitrogens with zero attached hydrogens (tertiary/aromatic N) is 4. The number of hydrogen-bond acceptors (Lipinski definition) is 6. The Balaban J connectivity index is 1.02. The van der Waals surface area contributed by atoms with Gasteiger partial charge < -0.3 is 17.8 Å². The smallest absolute Gasteiger partial charge is 0.167 e. The summed E-state index contributed by atoms with van der Waals surface area (Å²) in [7, 11) is 0. The molecule has 0 amide bonds. The van der Waals surface area contributed by atoms with E-state index in [-0.39, 0.29) is 0 Å². The van der Waals surface area contributed by atoms with Crippen molar-refractivity contribution in [2.75, 3.05) is 0 Å². The number of hydrogen-bond donors (Lipinski definition) is 0. The summed E-state index contributed by atoms with van der Waals surface area (Å²) in [4.78, 5) is 16.0. The molecule has 7 heteroatoms. The van der Waals surface area contributed by atoms with Crippen molar-refractivity contribution in [1.82, 2.24) is 19.5 Å². The third kappa shape index (κ3) is 4.99. The predicted octanol–water partition coefficient (Wildman–Crippen LogP) is 16.0. The third-order valence-electron chi connectivity index (χ3n) is 13.4. The molecule has 5 aromatic heterocycles. The number of benzene rings is 10. The molecule has 0 N–H and O–H groups in total. The van der Waals surface area contributed by atoms with Gasteiger partial charge in [0.25, 0.3) is 0 Å². The van der Waals surface area contributed by atoms with Crippen molar-refractivity contribution in [1.29, 1.82) is 0 Å². The van der Waals surface area contributed by atoms with Crippen LogP contribution < -0.4 is 0 Å². The molecule has 0 aliphatic rings. The van der Waals surface area contributed by atoms with Crippen LogP contribution in [-0.4, -0.2) is 19.5 Å². The first kappa shape index (κ1) is 35.4. The maximum Gasteiger partial charge on any atom is 0.167 e. The summed E-state index contributed by atoms with van der Waals surface area (Å²) in [5.41, 5.74) is 10.3. The monoisotopic (exact) mass is 844 g/mol. The Morgan fingerprint density at radius 1 is 0.303 bits per heavy atom. The van der Waals surface area contributed by atoms with Crippen molar-refractivity contribution in [3.8, 4) is 39.9 Å². The van der Waals surface area contributed by atoms with Crippen molar-refractivity contribution in [3.63, 3.8) is 0 Å². The second-order valence-corrected chi connectivity index (χ2v) is 17.1. The van der Waals surface area contributed by atoms with E-state index in [4.69, 9.17) is 28.2 Å². The van der Waals surface area contributed by atoms with Crippen molar-refractivity contribution >= 4 is 109 Å². The Morgan fingerprint density at radius 3 is 1.70 bits per heavy atom. The fraction of sp³-hybridized carbons (Fsp3) is 0. The van der Waals surface area contributed by atoms with Gasteiger partial charge in [-0.05, 0) is 88.3 Å². The molecule has 0 unspecified atom stereocenters. The van der Waals surface area contributed by atoms with Gasteiger partial charge in [-0.15, -0.1) is 0 Å². The Morgan fingerprint density at radius 2 is 0.879 bits per heavy atom. The third-order valence-corrected chi connectivity index (χ3v) is 13.4. The maximum absolute atomic E-state index is 6.94. The lowest BCUT2D eigenvalue weighted by atomic mass is 9.99. The van der Waals surface area contributed by atoms with Gasteiger partial charge in [-0.2, -0.15) is 0 Å². The molecule has 0 atom stereocenters. The van der Waals surface area contributed by atoms with Crippen LogP contribution in [0, 0.1) is 0 Å². The second-order valence-electron chi connectivity index (χ2n) is 17.1. The van der Waals surface area contributed by atoms with E-state index < -0.39 is 0 Å². The van der Waals surface area contributed by atoms with Crippen molar-refractivity contribution in [3.05, 3.63) is 194 Å². The standard InChI is InChI=1S/C59H32N4O3/c1-2-14-34-31-48-45(29-33(34)13-1)37-15-3-7-22-47(37)63(48)36-28-27-35-30-46(56-54(44(35)32-36)41-18-6-10-25-51(41)66-56)59-61-57(42-20-12-26-52-53(42)40-17-5-9-24-50(40)64-52)60-58(62-59)43-21-11-19-39-38-16-4-8-23-49(38)65-55(39)43/h1-32H. The zero-order chi connectivity index (χ0) is 43.0. The van der Waals surface area contributed by atoms with Crippen LogP contribution >= 0.6 is 0 Å². The average molecular weight is 845 g/mol. The highest BCUT2D eigenvalue weighted by molar-refractivity contribution is 6.23. The molecule has 15 aromatic rings. The number of furan rings is 3. The van der Waals surface area contributed by atoms with E-state index in [1.54, 1.807) is 0 Å². The van der Waals surface area contributed by atoms with Crippen LogP contribution in [0.2, 0.25) is 0 Å². The normalized spacial score (nSPS) is 12.2. The van der Waals surface area contributed by atoms with E-state index in [1.165, 1.54) is 21.5 Å². The molecule has 0 saturated carbocycles. The minimum absolute atomic E-state index is 0.484. The second kappa shape index (κ2) is 13.2. The van der Waals surface area contributed by atoms with Gasteiger partial charge in [0.05, 0.1) is 22.2 Å². The summed E-state index contributed by atoms with van der Waals surface area (Å²) >= 11 is 0. The molecule has 10 aromatic carbocycles. The molecular weight excluding hydrogens is 813 g/mol. The van der Waals surface area contributed by atoms with Crippen molar-refractivity contribution < 1.29 is 13.3 Å². The van der Waals surface area contributed by atoms with E-state index in [0.717, 1.165) is 98.8 Å².